The number of pyridine rings is 1. The maximum absolute atomic E-state index is 12.7. The number of piperidine rings is 1. The van der Waals surface area contributed by atoms with Gasteiger partial charge >= 0.3 is 0 Å². The summed E-state index contributed by atoms with van der Waals surface area (Å²) in [5, 5.41) is 9.19. The van der Waals surface area contributed by atoms with E-state index in [0.717, 1.165) is 31.5 Å². The van der Waals surface area contributed by atoms with E-state index in [2.05, 4.69) is 22.9 Å². The Morgan fingerprint density at radius 3 is 2.87 bits per heavy atom. The molecule has 23 heavy (non-hydrogen) atoms. The fourth-order valence-electron chi connectivity index (χ4n) is 3.40. The maximum Gasteiger partial charge on any atom is 0.227 e. The van der Waals surface area contributed by atoms with Gasteiger partial charge in [0.2, 0.25) is 5.91 Å². The largest absolute Gasteiger partial charge is 0.376 e. The summed E-state index contributed by atoms with van der Waals surface area (Å²) >= 11 is 0. The molecule has 1 atom stereocenters. The molecule has 2 fully saturated rings. The Bertz CT molecular complexity index is 605. The van der Waals surface area contributed by atoms with Gasteiger partial charge in [0.05, 0.1) is 19.3 Å². The fraction of sp³-hybridized carbons (Fsp3) is 0.588. The topological polar surface area (TPSA) is 69.5 Å². The number of aromatic nitrogens is 1. The molecule has 6 heteroatoms. The number of rotatable bonds is 2. The summed E-state index contributed by atoms with van der Waals surface area (Å²) in [6.45, 7) is 5.17. The normalized spacial score (nSPS) is 22.7. The third kappa shape index (κ3) is 3.30. The lowest BCUT2D eigenvalue weighted by atomic mass is 9.94. The molecule has 0 saturated carbocycles. The van der Waals surface area contributed by atoms with Crippen LogP contribution < -0.4 is 4.90 Å². The van der Waals surface area contributed by atoms with Gasteiger partial charge in [-0.1, -0.05) is 0 Å². The average Bonchev–Trinajstić information content (AvgIpc) is 2.61. The lowest BCUT2D eigenvalue weighted by Gasteiger charge is -2.38. The number of morpholine rings is 1. The Morgan fingerprint density at radius 1 is 1.39 bits per heavy atom. The Hall–Kier alpha value is -2.13. The molecule has 0 N–H and O–H groups in total. The molecule has 1 aromatic rings. The second kappa shape index (κ2) is 6.97. The second-order valence-corrected chi connectivity index (χ2v) is 6.17. The van der Waals surface area contributed by atoms with Gasteiger partial charge in [0.25, 0.3) is 0 Å². The third-order valence-electron chi connectivity index (χ3n) is 4.74. The van der Waals surface area contributed by atoms with Crippen LogP contribution in [0.25, 0.3) is 0 Å². The van der Waals surface area contributed by atoms with Gasteiger partial charge in [0, 0.05) is 43.6 Å². The molecule has 1 amide bonds. The number of nitriles is 1. The monoisotopic (exact) mass is 314 g/mol. The Kier molecular flexibility index (Phi) is 4.77. The van der Waals surface area contributed by atoms with Crippen molar-refractivity contribution in [3.05, 3.63) is 24.0 Å². The molecular weight excluding hydrogens is 292 g/mol. The van der Waals surface area contributed by atoms with Crippen molar-refractivity contribution < 1.29 is 9.53 Å². The first-order chi connectivity index (χ1) is 11.2. The number of carbonyl (C=O) groups is 1. The molecule has 3 heterocycles. The van der Waals surface area contributed by atoms with E-state index in [0.29, 0.717) is 19.8 Å². The number of nitrogens with zero attached hydrogens (tertiary/aromatic N) is 4. The summed E-state index contributed by atoms with van der Waals surface area (Å²) in [6.07, 6.45) is 5.34. The van der Waals surface area contributed by atoms with Crippen LogP contribution in [-0.2, 0) is 9.53 Å². The van der Waals surface area contributed by atoms with Crippen LogP contribution in [0.3, 0.4) is 0 Å². The molecule has 0 bridgehead atoms. The van der Waals surface area contributed by atoms with Gasteiger partial charge in [-0.3, -0.25) is 9.78 Å². The Balaban J connectivity index is 1.61. The molecule has 0 spiro atoms. The van der Waals surface area contributed by atoms with Gasteiger partial charge in [0.15, 0.2) is 0 Å². The Labute approximate surface area is 136 Å². The molecule has 0 radical (unpaired) electrons. The number of carbonyl (C=O) groups excluding carboxylic acids is 1. The molecule has 122 valence electrons. The summed E-state index contributed by atoms with van der Waals surface area (Å²) in [5.74, 6) is 0.133. The van der Waals surface area contributed by atoms with Crippen LogP contribution in [0.5, 0.6) is 0 Å². The van der Waals surface area contributed by atoms with Crippen LogP contribution in [0.15, 0.2) is 18.5 Å². The minimum Gasteiger partial charge on any atom is -0.376 e. The van der Waals surface area contributed by atoms with E-state index in [1.165, 1.54) is 5.69 Å². The lowest BCUT2D eigenvalue weighted by Crippen LogP contribution is -2.51. The predicted molar refractivity (Wildman–Crippen MR) is 85.8 cm³/mol. The van der Waals surface area contributed by atoms with Crippen LogP contribution >= 0.6 is 0 Å². The van der Waals surface area contributed by atoms with Crippen molar-refractivity contribution in [2.45, 2.75) is 25.8 Å². The quantitative estimate of drug-likeness (QED) is 0.824. The van der Waals surface area contributed by atoms with Crippen molar-refractivity contribution in [2.24, 2.45) is 5.92 Å². The van der Waals surface area contributed by atoms with Gasteiger partial charge < -0.3 is 14.5 Å². The molecule has 0 aromatic carbocycles. The van der Waals surface area contributed by atoms with Gasteiger partial charge in [-0.2, -0.15) is 5.26 Å². The highest BCUT2D eigenvalue weighted by Gasteiger charge is 2.34. The van der Waals surface area contributed by atoms with E-state index in [1.807, 2.05) is 18.5 Å². The van der Waals surface area contributed by atoms with Crippen molar-refractivity contribution in [3.63, 3.8) is 0 Å². The molecule has 2 aliphatic rings. The number of aryl methyl sites for hydroxylation is 1. The molecule has 2 saturated heterocycles. The summed E-state index contributed by atoms with van der Waals surface area (Å²) < 4.78 is 5.30. The third-order valence-corrected chi connectivity index (χ3v) is 4.74. The Morgan fingerprint density at radius 2 is 2.17 bits per heavy atom. The molecule has 6 nitrogen and oxygen atoms in total. The zero-order chi connectivity index (χ0) is 16.2. The van der Waals surface area contributed by atoms with E-state index in [1.54, 1.807) is 4.90 Å². The average molecular weight is 314 g/mol. The highest BCUT2D eigenvalue weighted by molar-refractivity contribution is 5.80. The molecular formula is C17H22N4O2. The van der Waals surface area contributed by atoms with Crippen LogP contribution in [0.2, 0.25) is 0 Å². The lowest BCUT2D eigenvalue weighted by molar-refractivity contribution is -0.142. The standard InChI is InChI=1S/C17H22N4O2/c1-13-11-19-5-2-16(13)20-6-3-14(4-7-20)17(22)21-8-9-23-12-15(21)10-18/h2,5,11,14-15H,3-4,6-9,12H2,1H3. The smallest absolute Gasteiger partial charge is 0.227 e. The summed E-state index contributed by atoms with van der Waals surface area (Å²) in [4.78, 5) is 20.9. The van der Waals surface area contributed by atoms with Crippen molar-refractivity contribution in [1.82, 2.24) is 9.88 Å². The van der Waals surface area contributed by atoms with Crippen molar-refractivity contribution in [1.29, 1.82) is 5.26 Å². The SMILES string of the molecule is Cc1cnccc1N1CCC(C(=O)N2CCOCC2C#N)CC1. The van der Waals surface area contributed by atoms with Crippen LogP contribution in [0.1, 0.15) is 18.4 Å². The fourth-order valence-corrected chi connectivity index (χ4v) is 3.40. The van der Waals surface area contributed by atoms with Crippen LogP contribution in [-0.4, -0.2) is 54.7 Å². The minimum atomic E-state index is -0.434. The van der Waals surface area contributed by atoms with Crippen molar-refractivity contribution in [3.8, 4) is 6.07 Å². The summed E-state index contributed by atoms with van der Waals surface area (Å²) in [7, 11) is 0. The highest BCUT2D eigenvalue weighted by atomic mass is 16.5. The number of anilines is 1. The molecule has 1 unspecified atom stereocenters. The van der Waals surface area contributed by atoms with E-state index in [4.69, 9.17) is 4.74 Å². The number of ether oxygens (including phenoxy) is 1. The van der Waals surface area contributed by atoms with Crippen molar-refractivity contribution in [2.75, 3.05) is 37.7 Å². The van der Waals surface area contributed by atoms with Gasteiger partial charge in [-0.05, 0) is 31.4 Å². The first kappa shape index (κ1) is 15.8. The van der Waals surface area contributed by atoms with Gasteiger partial charge in [-0.15, -0.1) is 0 Å². The minimum absolute atomic E-state index is 0.0161. The second-order valence-electron chi connectivity index (χ2n) is 6.17. The van der Waals surface area contributed by atoms with Gasteiger partial charge in [0.1, 0.15) is 6.04 Å². The summed E-state index contributed by atoms with van der Waals surface area (Å²) in [5.41, 5.74) is 2.36. The predicted octanol–water partition coefficient (Wildman–Crippen LogP) is 1.36. The van der Waals surface area contributed by atoms with E-state index < -0.39 is 6.04 Å². The summed E-state index contributed by atoms with van der Waals surface area (Å²) in [6, 6.07) is 3.78. The zero-order valence-corrected chi connectivity index (χ0v) is 13.4. The molecule has 0 aliphatic carbocycles. The number of hydrogen-bond acceptors (Lipinski definition) is 5. The van der Waals surface area contributed by atoms with Crippen LogP contribution in [0.4, 0.5) is 5.69 Å². The number of hydrogen-bond donors (Lipinski definition) is 0. The molecule has 2 aliphatic heterocycles. The van der Waals surface area contributed by atoms with Gasteiger partial charge in [-0.25, -0.2) is 0 Å². The van der Waals surface area contributed by atoms with E-state index in [9.17, 15) is 10.1 Å². The molecule has 1 aromatic heterocycles. The first-order valence-electron chi connectivity index (χ1n) is 8.14. The van der Waals surface area contributed by atoms with Crippen LogP contribution in [0, 0.1) is 24.2 Å². The molecule has 3 rings (SSSR count). The number of amides is 1. The van der Waals surface area contributed by atoms with E-state index in [-0.39, 0.29) is 11.8 Å². The van der Waals surface area contributed by atoms with Crippen molar-refractivity contribution >= 4 is 11.6 Å². The van der Waals surface area contributed by atoms with E-state index >= 15 is 0 Å². The zero-order valence-electron chi connectivity index (χ0n) is 13.4. The maximum atomic E-state index is 12.7. The highest BCUT2D eigenvalue weighted by Crippen LogP contribution is 2.27. The first-order valence-corrected chi connectivity index (χ1v) is 8.14.